The van der Waals surface area contributed by atoms with Crippen molar-refractivity contribution in [3.8, 4) is 0 Å². The number of sulfonamides is 1. The van der Waals surface area contributed by atoms with E-state index < -0.39 is 10.0 Å². The third-order valence-electron chi connectivity index (χ3n) is 7.94. The molecule has 2 aliphatic rings. The minimum atomic E-state index is -3.53. The fraction of sp³-hybridized carbons (Fsp3) is 0.536. The number of aromatic nitrogens is 3. The van der Waals surface area contributed by atoms with E-state index in [1.807, 2.05) is 28.5 Å². The van der Waals surface area contributed by atoms with Crippen LogP contribution in [-0.4, -0.2) is 46.6 Å². The number of rotatable bonds is 5. The van der Waals surface area contributed by atoms with Crippen LogP contribution >= 0.6 is 0 Å². The predicted octanol–water partition coefficient (Wildman–Crippen LogP) is 5.44. The molecular weight excluding hydrogens is 486 g/mol. The molecule has 1 aliphatic heterocycles. The lowest BCUT2D eigenvalue weighted by Crippen LogP contribution is -2.39. The van der Waals surface area contributed by atoms with Crippen LogP contribution in [0, 0.1) is 20.8 Å². The fourth-order valence-electron chi connectivity index (χ4n) is 6.02. The zero-order valence-corrected chi connectivity index (χ0v) is 23.1. The third kappa shape index (κ3) is 5.23. The highest BCUT2D eigenvalue weighted by Crippen LogP contribution is 2.37. The van der Waals surface area contributed by atoms with Gasteiger partial charge in [0.2, 0.25) is 10.0 Å². The van der Waals surface area contributed by atoms with E-state index in [9.17, 15) is 13.2 Å². The standard InChI is InChI=1S/C28H37N5O3S/c1-18-13-14-23(31-37(4,35)36)22(16-18)28(34)32-15-9-8-12-25(32)24-17-26-29-20(3)19(2)27(33(26)30-24)21-10-6-5-7-11-21/h13-14,16-17,21,25,31H,5-12,15H2,1-4H3/t25-/m0/s1. The molecule has 1 saturated carbocycles. The maximum atomic E-state index is 13.9. The van der Waals surface area contributed by atoms with Gasteiger partial charge < -0.3 is 4.90 Å². The van der Waals surface area contributed by atoms with Crippen LogP contribution in [0.4, 0.5) is 5.69 Å². The quantitative estimate of drug-likeness (QED) is 0.480. The molecule has 3 aromatic rings. The average molecular weight is 524 g/mol. The van der Waals surface area contributed by atoms with E-state index in [4.69, 9.17) is 10.1 Å². The molecule has 0 bridgehead atoms. The summed E-state index contributed by atoms with van der Waals surface area (Å²) in [5.74, 6) is 0.302. The number of fused-ring (bicyclic) bond motifs is 1. The van der Waals surface area contributed by atoms with Crippen molar-refractivity contribution in [3.63, 3.8) is 0 Å². The third-order valence-corrected chi connectivity index (χ3v) is 8.54. The van der Waals surface area contributed by atoms with Crippen LogP contribution < -0.4 is 4.72 Å². The van der Waals surface area contributed by atoms with Crippen LogP contribution in [0.2, 0.25) is 0 Å². The predicted molar refractivity (Wildman–Crippen MR) is 146 cm³/mol. The first-order valence-corrected chi connectivity index (χ1v) is 15.3. The van der Waals surface area contributed by atoms with Crippen LogP contribution in [-0.2, 0) is 10.0 Å². The van der Waals surface area contributed by atoms with E-state index in [0.29, 0.717) is 23.7 Å². The maximum absolute atomic E-state index is 13.9. The molecule has 2 aromatic heterocycles. The molecular formula is C28H37N5O3S. The van der Waals surface area contributed by atoms with E-state index >= 15 is 0 Å². The summed E-state index contributed by atoms with van der Waals surface area (Å²) in [6.07, 6.45) is 9.94. The molecule has 1 aromatic carbocycles. The molecule has 9 heteroatoms. The normalized spacial score (nSPS) is 19.4. The van der Waals surface area contributed by atoms with Gasteiger partial charge in [0, 0.05) is 24.2 Å². The summed E-state index contributed by atoms with van der Waals surface area (Å²) in [7, 11) is -3.53. The van der Waals surface area contributed by atoms with Crippen molar-refractivity contribution >= 4 is 27.3 Å². The van der Waals surface area contributed by atoms with Crippen LogP contribution in [0.25, 0.3) is 5.65 Å². The number of aryl methyl sites for hydroxylation is 2. The number of carbonyl (C=O) groups excluding carboxylic acids is 1. The number of hydrogen-bond donors (Lipinski definition) is 1. The van der Waals surface area contributed by atoms with Crippen molar-refractivity contribution in [1.82, 2.24) is 19.5 Å². The van der Waals surface area contributed by atoms with Crippen LogP contribution in [0.1, 0.15) is 102 Å². The number of hydrogen-bond acceptors (Lipinski definition) is 5. The minimum Gasteiger partial charge on any atom is -0.330 e. The highest BCUT2D eigenvalue weighted by Gasteiger charge is 2.33. The van der Waals surface area contributed by atoms with Gasteiger partial charge in [-0.1, -0.05) is 30.9 Å². The Bertz CT molecular complexity index is 1440. The van der Waals surface area contributed by atoms with E-state index in [1.54, 1.807) is 12.1 Å². The van der Waals surface area contributed by atoms with Crippen LogP contribution in [0.3, 0.4) is 0 Å². The Morgan fingerprint density at radius 3 is 2.46 bits per heavy atom. The number of piperidine rings is 1. The first kappa shape index (κ1) is 25.7. The lowest BCUT2D eigenvalue weighted by molar-refractivity contribution is 0.0606. The second-order valence-corrected chi connectivity index (χ2v) is 12.6. The summed E-state index contributed by atoms with van der Waals surface area (Å²) >= 11 is 0. The number of anilines is 1. The van der Waals surface area contributed by atoms with Crippen molar-refractivity contribution in [1.29, 1.82) is 0 Å². The van der Waals surface area contributed by atoms with E-state index in [-0.39, 0.29) is 11.9 Å². The van der Waals surface area contributed by atoms with Crippen LogP contribution in [0.15, 0.2) is 24.3 Å². The van der Waals surface area contributed by atoms with Crippen LogP contribution in [0.5, 0.6) is 0 Å². The summed E-state index contributed by atoms with van der Waals surface area (Å²) in [6.45, 7) is 6.72. The maximum Gasteiger partial charge on any atom is 0.256 e. The molecule has 198 valence electrons. The molecule has 1 atom stereocenters. The molecule has 1 amide bonds. The van der Waals surface area contributed by atoms with Gasteiger partial charge in [0.15, 0.2) is 5.65 Å². The van der Waals surface area contributed by atoms with E-state index in [2.05, 4.69) is 18.6 Å². The molecule has 2 fully saturated rings. The van der Waals surface area contributed by atoms with Gasteiger partial charge in [0.05, 0.1) is 34.9 Å². The molecule has 37 heavy (non-hydrogen) atoms. The molecule has 1 N–H and O–H groups in total. The Hall–Kier alpha value is -2.94. The molecule has 3 heterocycles. The molecule has 1 aliphatic carbocycles. The fourth-order valence-corrected chi connectivity index (χ4v) is 6.60. The van der Waals surface area contributed by atoms with Gasteiger partial charge in [-0.15, -0.1) is 0 Å². The topological polar surface area (TPSA) is 96.7 Å². The average Bonchev–Trinajstić information content (AvgIpc) is 3.28. The molecule has 0 radical (unpaired) electrons. The zero-order valence-electron chi connectivity index (χ0n) is 22.2. The number of likely N-dealkylation sites (tertiary alicyclic amines) is 1. The Balaban J connectivity index is 1.55. The van der Waals surface area contributed by atoms with Gasteiger partial charge in [-0.3, -0.25) is 9.52 Å². The number of carbonyl (C=O) groups is 1. The number of nitrogens with zero attached hydrogens (tertiary/aromatic N) is 4. The van der Waals surface area contributed by atoms with Gasteiger partial charge in [0.25, 0.3) is 5.91 Å². The highest BCUT2D eigenvalue weighted by atomic mass is 32.2. The van der Waals surface area contributed by atoms with Gasteiger partial charge >= 0.3 is 0 Å². The lowest BCUT2D eigenvalue weighted by Gasteiger charge is -2.35. The van der Waals surface area contributed by atoms with Gasteiger partial charge in [0.1, 0.15) is 0 Å². The largest absolute Gasteiger partial charge is 0.330 e. The monoisotopic (exact) mass is 523 g/mol. The van der Waals surface area contributed by atoms with Crippen molar-refractivity contribution < 1.29 is 13.2 Å². The van der Waals surface area contributed by atoms with Crippen molar-refractivity contribution in [2.24, 2.45) is 0 Å². The zero-order chi connectivity index (χ0) is 26.3. The first-order valence-electron chi connectivity index (χ1n) is 13.4. The summed E-state index contributed by atoms with van der Waals surface area (Å²) in [5.41, 5.74) is 6.78. The SMILES string of the molecule is Cc1ccc(NS(C)(=O)=O)c(C(=O)N2CCCC[C@H]2c2cc3nc(C)c(C)c(C4CCCCC4)n3n2)c1. The van der Waals surface area contributed by atoms with Crippen molar-refractivity contribution in [3.05, 3.63) is 58.0 Å². The highest BCUT2D eigenvalue weighted by molar-refractivity contribution is 7.92. The molecule has 8 nitrogen and oxygen atoms in total. The Morgan fingerprint density at radius 2 is 1.73 bits per heavy atom. The smallest absolute Gasteiger partial charge is 0.256 e. The van der Waals surface area contributed by atoms with Gasteiger partial charge in [-0.25, -0.2) is 17.9 Å². The second kappa shape index (κ2) is 10.1. The Kier molecular flexibility index (Phi) is 7.00. The van der Waals surface area contributed by atoms with Crippen molar-refractivity contribution in [2.45, 2.75) is 84.1 Å². The van der Waals surface area contributed by atoms with E-state index in [0.717, 1.165) is 48.1 Å². The summed E-state index contributed by atoms with van der Waals surface area (Å²) in [6, 6.07) is 7.10. The summed E-state index contributed by atoms with van der Waals surface area (Å²) < 4.78 is 28.5. The Labute approximate surface area is 219 Å². The van der Waals surface area contributed by atoms with Crippen molar-refractivity contribution in [2.75, 3.05) is 17.5 Å². The Morgan fingerprint density at radius 1 is 1.00 bits per heavy atom. The van der Waals surface area contributed by atoms with Gasteiger partial charge in [-0.05, 0) is 70.6 Å². The number of amides is 1. The molecule has 5 rings (SSSR count). The number of nitrogens with one attached hydrogen (secondary N) is 1. The lowest BCUT2D eigenvalue weighted by atomic mass is 9.85. The molecule has 0 unspecified atom stereocenters. The molecule has 0 spiro atoms. The number of benzene rings is 1. The molecule has 1 saturated heterocycles. The second-order valence-electron chi connectivity index (χ2n) is 10.8. The van der Waals surface area contributed by atoms with E-state index in [1.165, 1.54) is 43.4 Å². The first-order chi connectivity index (χ1) is 17.6. The van der Waals surface area contributed by atoms with Gasteiger partial charge in [-0.2, -0.15) is 5.10 Å². The minimum absolute atomic E-state index is 0.176. The summed E-state index contributed by atoms with van der Waals surface area (Å²) in [4.78, 5) is 20.7. The summed E-state index contributed by atoms with van der Waals surface area (Å²) in [5, 5.41) is 5.09.